The van der Waals surface area contributed by atoms with Gasteiger partial charge in [0.05, 0.1) is 0 Å². The Hall–Kier alpha value is 0.750. The van der Waals surface area contributed by atoms with Crippen LogP contribution in [0, 0.1) is 0 Å². The van der Waals surface area contributed by atoms with Gasteiger partial charge in [0.2, 0.25) is 0 Å². The minimum absolute atomic E-state index is 0.509. The first-order valence-electron chi connectivity index (χ1n) is 5.36. The number of hydrogen-bond donors (Lipinski definition) is 0. The number of hydrogen-bond acceptors (Lipinski definition) is 0. The van der Waals surface area contributed by atoms with Crippen LogP contribution in [0.4, 0.5) is 0 Å². The van der Waals surface area contributed by atoms with E-state index in [0.29, 0.717) is 5.04 Å². The van der Waals surface area contributed by atoms with Crippen LogP contribution in [0.25, 0.3) is 0 Å². The Kier molecular flexibility index (Phi) is 4.55. The zero-order valence-corrected chi connectivity index (χ0v) is 16.9. The normalized spacial score (nSPS) is 13.7. The molecule has 1 aromatic rings. The van der Waals surface area contributed by atoms with E-state index in [0.717, 1.165) is 32.8 Å². The second-order valence-electron chi connectivity index (χ2n) is 5.63. The molecule has 0 heterocycles. The average molecular weight is 434 g/mol. The summed E-state index contributed by atoms with van der Waals surface area (Å²) in [6.45, 7) is 12.2. The monoisotopic (exact) mass is 434 g/mol. The summed E-state index contributed by atoms with van der Waals surface area (Å²) in [5.74, 6) is 0. The number of rotatable bonds is 2. The molecule has 0 aliphatic rings. The quantitative estimate of drug-likeness (QED) is 0.495. The maximum absolute atomic E-state index is 2.52. The fraction of sp³-hybridized carbons (Fsp3) is 0.500. The van der Waals surface area contributed by atoms with Crippen LogP contribution in [0.3, 0.4) is 0 Å². The van der Waals surface area contributed by atoms with Crippen molar-refractivity contribution in [3.8, 4) is 0 Å². The van der Waals surface area contributed by atoms with Gasteiger partial charge < -0.3 is 0 Å². The van der Waals surface area contributed by atoms with Crippen molar-refractivity contribution in [2.45, 2.75) is 38.9 Å². The third-order valence-corrected chi connectivity index (χ3v) is 14.6. The predicted octanol–water partition coefficient (Wildman–Crippen LogP) is 2.25. The molecular weight excluding hydrogens is 412 g/mol. The van der Waals surface area contributed by atoms with Gasteiger partial charge in [-0.1, -0.05) is 0 Å². The second kappa shape index (κ2) is 4.94. The van der Waals surface area contributed by atoms with Crippen molar-refractivity contribution in [1.29, 1.82) is 0 Å². The Balaban J connectivity index is 2.87. The Morgan fingerprint density at radius 1 is 1.20 bits per heavy atom. The molecule has 84 valence electrons. The summed E-state index contributed by atoms with van der Waals surface area (Å²) in [6, 6.07) is 9.21. The number of benzene rings is 1. The molecular formula is C12H22BiPSi. The minimum atomic E-state index is -1.12. The van der Waals surface area contributed by atoms with E-state index in [1.807, 2.05) is 0 Å². The zero-order valence-electron chi connectivity index (χ0n) is 10.4. The van der Waals surface area contributed by atoms with Gasteiger partial charge in [-0.2, -0.15) is 0 Å². The molecule has 3 heteroatoms. The summed E-state index contributed by atoms with van der Waals surface area (Å²) in [5, 5.41) is 2.09. The molecule has 1 unspecified atom stereocenters. The summed E-state index contributed by atoms with van der Waals surface area (Å²) in [5.41, 5.74) is 0. The van der Waals surface area contributed by atoms with Crippen molar-refractivity contribution in [2.75, 3.05) is 0 Å². The van der Waals surface area contributed by atoms with Crippen molar-refractivity contribution in [2.24, 2.45) is 0 Å². The SMILES string of the molecule is CC(C)(C)[Si](C)(C)Pc1ccc[c]([BiH2])c1. The van der Waals surface area contributed by atoms with Gasteiger partial charge in [-0.05, 0) is 0 Å². The van der Waals surface area contributed by atoms with E-state index in [2.05, 4.69) is 58.1 Å². The molecule has 0 N–H and O–H groups in total. The molecule has 0 saturated carbocycles. The molecule has 0 radical (unpaired) electrons. The van der Waals surface area contributed by atoms with Crippen molar-refractivity contribution in [3.05, 3.63) is 24.3 Å². The summed E-state index contributed by atoms with van der Waals surface area (Å²) < 4.78 is 1.55. The topological polar surface area (TPSA) is 0 Å². The van der Waals surface area contributed by atoms with Crippen LogP contribution >= 0.6 is 8.13 Å². The third kappa shape index (κ3) is 3.91. The van der Waals surface area contributed by atoms with Gasteiger partial charge >= 0.3 is 112 Å². The Labute approximate surface area is 112 Å². The molecule has 0 aliphatic heterocycles. The van der Waals surface area contributed by atoms with Crippen molar-refractivity contribution in [1.82, 2.24) is 0 Å². The van der Waals surface area contributed by atoms with Crippen molar-refractivity contribution < 1.29 is 0 Å². The van der Waals surface area contributed by atoms with E-state index in [1.165, 1.54) is 0 Å². The molecule has 0 spiro atoms. The first-order valence-corrected chi connectivity index (χ1v) is 12.6. The molecule has 0 amide bonds. The molecule has 0 nitrogen and oxygen atoms in total. The van der Waals surface area contributed by atoms with Gasteiger partial charge in [0.25, 0.3) is 0 Å². The maximum atomic E-state index is 2.52. The van der Waals surface area contributed by atoms with Gasteiger partial charge in [-0.25, -0.2) is 0 Å². The first-order chi connectivity index (χ1) is 6.72. The molecule has 1 aromatic carbocycles. The van der Waals surface area contributed by atoms with Crippen LogP contribution in [-0.2, 0) is 0 Å². The summed E-state index contributed by atoms with van der Waals surface area (Å²) >= 11 is 0.971. The molecule has 0 bridgehead atoms. The third-order valence-electron chi connectivity index (χ3n) is 3.22. The second-order valence-corrected chi connectivity index (χ2v) is 18.3. The summed E-state index contributed by atoms with van der Waals surface area (Å²) in [4.78, 5) is 0. The Bertz CT molecular complexity index is 342. The Morgan fingerprint density at radius 3 is 2.27 bits per heavy atom. The van der Waals surface area contributed by atoms with Gasteiger partial charge in [0, 0.05) is 0 Å². The summed E-state index contributed by atoms with van der Waals surface area (Å²) in [6.07, 6.45) is 0. The van der Waals surface area contributed by atoms with Crippen molar-refractivity contribution >= 4 is 49.2 Å². The molecule has 1 atom stereocenters. The van der Waals surface area contributed by atoms with Crippen LogP contribution in [0.2, 0.25) is 18.1 Å². The molecule has 0 aliphatic carbocycles. The zero-order chi connectivity index (χ0) is 11.7. The average Bonchev–Trinajstić information content (AvgIpc) is 2.00. The summed E-state index contributed by atoms with van der Waals surface area (Å²) in [7, 11) is -0.0778. The van der Waals surface area contributed by atoms with Crippen LogP contribution < -0.4 is 8.58 Å². The van der Waals surface area contributed by atoms with Crippen molar-refractivity contribution in [3.63, 3.8) is 0 Å². The van der Waals surface area contributed by atoms with E-state index < -0.39 is 7.74 Å². The van der Waals surface area contributed by atoms with E-state index in [1.54, 1.807) is 8.58 Å². The van der Waals surface area contributed by atoms with E-state index in [-0.39, 0.29) is 0 Å². The van der Waals surface area contributed by atoms with E-state index in [4.69, 9.17) is 0 Å². The molecule has 0 fully saturated rings. The fourth-order valence-corrected chi connectivity index (χ4v) is 8.21. The fourth-order valence-electron chi connectivity index (χ4n) is 1.16. The van der Waals surface area contributed by atoms with Gasteiger partial charge in [0.15, 0.2) is 0 Å². The van der Waals surface area contributed by atoms with E-state index in [9.17, 15) is 0 Å². The standard InChI is InChI=1S/C12H20PSi.Bi.2H/c1-12(2,3)14(4,5)13-11-9-7-6-8-10-11;;;/h6-7,9-10,13H,1-5H3;;;. The van der Waals surface area contributed by atoms with Gasteiger partial charge in [-0.15, -0.1) is 0 Å². The van der Waals surface area contributed by atoms with Gasteiger partial charge in [0.1, 0.15) is 0 Å². The van der Waals surface area contributed by atoms with Crippen LogP contribution in [0.5, 0.6) is 0 Å². The van der Waals surface area contributed by atoms with Crippen LogP contribution in [0.15, 0.2) is 24.3 Å². The molecule has 15 heavy (non-hydrogen) atoms. The van der Waals surface area contributed by atoms with Crippen LogP contribution in [0.1, 0.15) is 20.8 Å². The van der Waals surface area contributed by atoms with Crippen LogP contribution in [-0.4, -0.2) is 32.5 Å². The molecule has 0 saturated heterocycles. The molecule has 0 aromatic heterocycles. The van der Waals surface area contributed by atoms with E-state index >= 15 is 0 Å². The molecule has 1 rings (SSSR count). The predicted molar refractivity (Wildman–Crippen MR) is 79.8 cm³/mol. The Morgan fingerprint density at radius 2 is 1.80 bits per heavy atom. The first kappa shape index (κ1) is 13.8. The van der Waals surface area contributed by atoms with Gasteiger partial charge in [-0.3, -0.25) is 0 Å².